The van der Waals surface area contributed by atoms with Crippen molar-refractivity contribution in [2.24, 2.45) is 11.7 Å². The van der Waals surface area contributed by atoms with Gasteiger partial charge in [-0.15, -0.1) is 0 Å². The van der Waals surface area contributed by atoms with Crippen LogP contribution < -0.4 is 5.73 Å². The summed E-state index contributed by atoms with van der Waals surface area (Å²) >= 11 is 0. The van der Waals surface area contributed by atoms with Crippen LogP contribution in [0.15, 0.2) is 0 Å². The van der Waals surface area contributed by atoms with Crippen molar-refractivity contribution in [1.82, 2.24) is 0 Å². The maximum Gasteiger partial charge on any atom is 0.146 e. The molecule has 0 saturated heterocycles. The van der Waals surface area contributed by atoms with E-state index in [2.05, 4.69) is 0 Å². The van der Waals surface area contributed by atoms with Crippen molar-refractivity contribution in [3.05, 3.63) is 0 Å². The van der Waals surface area contributed by atoms with Crippen LogP contribution in [0, 0.1) is 5.92 Å². The van der Waals surface area contributed by atoms with Gasteiger partial charge in [-0.3, -0.25) is 4.79 Å². The second-order valence-electron chi connectivity index (χ2n) is 2.52. The molecule has 1 unspecified atom stereocenters. The topological polar surface area (TPSA) is 43.1 Å². The van der Waals surface area contributed by atoms with Crippen LogP contribution in [0.1, 0.15) is 27.2 Å². The average molecular weight is 129 g/mol. The van der Waals surface area contributed by atoms with E-state index in [1.54, 1.807) is 0 Å². The van der Waals surface area contributed by atoms with Gasteiger partial charge in [0.15, 0.2) is 0 Å². The van der Waals surface area contributed by atoms with Crippen molar-refractivity contribution in [1.29, 1.82) is 0 Å². The van der Waals surface area contributed by atoms with Gasteiger partial charge in [0.1, 0.15) is 5.78 Å². The fourth-order valence-corrected chi connectivity index (χ4v) is 0.655. The summed E-state index contributed by atoms with van der Waals surface area (Å²) in [4.78, 5) is 10.6. The van der Waals surface area contributed by atoms with Gasteiger partial charge in [0.2, 0.25) is 0 Å². The first-order valence-electron chi connectivity index (χ1n) is 3.35. The molecule has 2 N–H and O–H groups in total. The number of rotatable bonds is 3. The highest BCUT2D eigenvalue weighted by atomic mass is 16.1. The summed E-state index contributed by atoms with van der Waals surface area (Å²) < 4.78 is 0. The summed E-state index contributed by atoms with van der Waals surface area (Å²) in [6.07, 6.45) is 0.973. The summed E-state index contributed by atoms with van der Waals surface area (Å²) in [5.74, 6) is 0.409. The monoisotopic (exact) mass is 129 g/mol. The quantitative estimate of drug-likeness (QED) is 0.616. The summed E-state index contributed by atoms with van der Waals surface area (Å²) in [5, 5.41) is 0. The second kappa shape index (κ2) is 3.62. The van der Waals surface area contributed by atoms with E-state index in [0.717, 1.165) is 6.42 Å². The first kappa shape index (κ1) is 8.63. The normalized spacial score (nSPS) is 16.9. The molecule has 0 aliphatic rings. The average Bonchev–Trinajstić information content (AvgIpc) is 1.84. The zero-order valence-electron chi connectivity index (χ0n) is 6.35. The minimum absolute atomic E-state index is 0.0874. The Morgan fingerprint density at radius 2 is 2.11 bits per heavy atom. The van der Waals surface area contributed by atoms with E-state index in [1.165, 1.54) is 6.92 Å². The van der Waals surface area contributed by atoms with Crippen LogP contribution in [0.2, 0.25) is 0 Å². The lowest BCUT2D eigenvalue weighted by atomic mass is 9.97. The highest BCUT2D eigenvalue weighted by Crippen LogP contribution is 2.04. The predicted molar refractivity (Wildman–Crippen MR) is 38.1 cm³/mol. The molecule has 0 bridgehead atoms. The highest BCUT2D eigenvalue weighted by Gasteiger charge is 2.14. The van der Waals surface area contributed by atoms with Crippen LogP contribution in [0.4, 0.5) is 0 Å². The Morgan fingerprint density at radius 1 is 1.67 bits per heavy atom. The second-order valence-corrected chi connectivity index (χ2v) is 2.52. The van der Waals surface area contributed by atoms with Crippen LogP contribution in [-0.4, -0.2) is 11.8 Å². The number of carbonyl (C=O) groups is 1. The number of carbonyl (C=O) groups excluding carboxylic acids is 1. The lowest BCUT2D eigenvalue weighted by molar-refractivity contribution is -0.119. The molecule has 2 atom stereocenters. The maximum atomic E-state index is 10.6. The van der Waals surface area contributed by atoms with E-state index in [4.69, 9.17) is 5.73 Å². The van der Waals surface area contributed by atoms with Crippen LogP contribution >= 0.6 is 0 Å². The van der Waals surface area contributed by atoms with Crippen molar-refractivity contribution in [2.45, 2.75) is 33.2 Å². The molecule has 0 amide bonds. The molecule has 2 heteroatoms. The van der Waals surface area contributed by atoms with Crippen molar-refractivity contribution in [2.75, 3.05) is 0 Å². The summed E-state index contributed by atoms with van der Waals surface area (Å²) in [7, 11) is 0. The van der Waals surface area contributed by atoms with Gasteiger partial charge in [0.25, 0.3) is 0 Å². The smallest absolute Gasteiger partial charge is 0.146 e. The minimum Gasteiger partial charge on any atom is -0.321 e. The molecule has 0 saturated carbocycles. The Labute approximate surface area is 56.4 Å². The predicted octanol–water partition coefficient (Wildman–Crippen LogP) is 0.949. The zero-order chi connectivity index (χ0) is 7.44. The summed E-state index contributed by atoms with van der Waals surface area (Å²) in [5.41, 5.74) is 5.52. The number of nitrogens with two attached hydrogens (primary N) is 1. The molecule has 0 radical (unpaired) electrons. The van der Waals surface area contributed by atoms with Gasteiger partial charge >= 0.3 is 0 Å². The van der Waals surface area contributed by atoms with Crippen LogP contribution in [-0.2, 0) is 4.79 Å². The van der Waals surface area contributed by atoms with Crippen molar-refractivity contribution in [3.8, 4) is 0 Å². The third-order valence-corrected chi connectivity index (χ3v) is 1.73. The number of ketones is 1. The van der Waals surface area contributed by atoms with Gasteiger partial charge in [0.05, 0.1) is 6.04 Å². The lowest BCUT2D eigenvalue weighted by Gasteiger charge is -2.13. The molecule has 0 aliphatic heterocycles. The Hall–Kier alpha value is -0.370. The Morgan fingerprint density at radius 3 is 2.22 bits per heavy atom. The molecular weight excluding hydrogens is 114 g/mol. The molecule has 2 nitrogen and oxygen atoms in total. The number of Topliss-reactive ketones (excluding diaryl/α,β-unsaturated/α-hetero) is 1. The van der Waals surface area contributed by atoms with Gasteiger partial charge < -0.3 is 5.73 Å². The van der Waals surface area contributed by atoms with Gasteiger partial charge in [-0.25, -0.2) is 0 Å². The molecular formula is C7H15NO. The molecule has 0 aliphatic carbocycles. The highest BCUT2D eigenvalue weighted by molar-refractivity contribution is 5.81. The molecule has 0 aromatic carbocycles. The standard InChI is InChI=1S/C7H15NO/c1-4-5(2)7(8)6(3)9/h5,7H,4,8H2,1-3H3/t5?,7-/m1/s1. The third kappa shape index (κ3) is 2.61. The largest absolute Gasteiger partial charge is 0.321 e. The van der Waals surface area contributed by atoms with E-state index < -0.39 is 0 Å². The molecule has 0 aromatic heterocycles. The fourth-order valence-electron chi connectivity index (χ4n) is 0.655. The van der Waals surface area contributed by atoms with E-state index in [-0.39, 0.29) is 11.8 Å². The molecule has 0 aromatic rings. The van der Waals surface area contributed by atoms with Crippen molar-refractivity contribution >= 4 is 5.78 Å². The Bertz CT molecular complexity index is 101. The summed E-state index contributed by atoms with van der Waals surface area (Å²) in [6, 6.07) is -0.255. The van der Waals surface area contributed by atoms with E-state index >= 15 is 0 Å². The van der Waals surface area contributed by atoms with Crippen molar-refractivity contribution in [3.63, 3.8) is 0 Å². The maximum absolute atomic E-state index is 10.6. The zero-order valence-corrected chi connectivity index (χ0v) is 6.35. The molecule has 54 valence electrons. The molecule has 0 spiro atoms. The van der Waals surface area contributed by atoms with Crippen LogP contribution in [0.3, 0.4) is 0 Å². The number of hydrogen-bond donors (Lipinski definition) is 1. The molecule has 9 heavy (non-hydrogen) atoms. The SMILES string of the molecule is CCC(C)[C@@H](N)C(C)=O. The molecule has 0 heterocycles. The molecule has 0 fully saturated rings. The first-order chi connectivity index (χ1) is 4.09. The van der Waals surface area contributed by atoms with E-state index in [0.29, 0.717) is 5.92 Å². The minimum atomic E-state index is -0.255. The van der Waals surface area contributed by atoms with Gasteiger partial charge in [-0.1, -0.05) is 20.3 Å². The number of hydrogen-bond acceptors (Lipinski definition) is 2. The van der Waals surface area contributed by atoms with Gasteiger partial charge in [-0.2, -0.15) is 0 Å². The first-order valence-corrected chi connectivity index (χ1v) is 3.35. The Balaban J connectivity index is 3.72. The Kier molecular flexibility index (Phi) is 3.47. The van der Waals surface area contributed by atoms with Crippen LogP contribution in [0.5, 0.6) is 0 Å². The molecule has 0 rings (SSSR count). The fraction of sp³-hybridized carbons (Fsp3) is 0.857. The van der Waals surface area contributed by atoms with Crippen molar-refractivity contribution < 1.29 is 4.79 Å². The van der Waals surface area contributed by atoms with E-state index in [9.17, 15) is 4.79 Å². The third-order valence-electron chi connectivity index (χ3n) is 1.73. The van der Waals surface area contributed by atoms with E-state index in [1.807, 2.05) is 13.8 Å². The van der Waals surface area contributed by atoms with Gasteiger partial charge in [0, 0.05) is 0 Å². The van der Waals surface area contributed by atoms with Crippen LogP contribution in [0.25, 0.3) is 0 Å². The lowest BCUT2D eigenvalue weighted by Crippen LogP contribution is -2.34. The van der Waals surface area contributed by atoms with Gasteiger partial charge in [-0.05, 0) is 12.8 Å². The summed E-state index contributed by atoms with van der Waals surface area (Å²) in [6.45, 7) is 5.57.